The molecule has 2 N–H and O–H groups in total. The molecule has 3 aromatic rings. The van der Waals surface area contributed by atoms with Gasteiger partial charge >= 0.3 is 0 Å². The van der Waals surface area contributed by atoms with Crippen LogP contribution in [0.5, 0.6) is 0 Å². The highest BCUT2D eigenvalue weighted by Crippen LogP contribution is 2.23. The summed E-state index contributed by atoms with van der Waals surface area (Å²) in [6.07, 6.45) is 1.01. The van der Waals surface area contributed by atoms with E-state index < -0.39 is 0 Å². The number of benzene rings is 2. The van der Waals surface area contributed by atoms with Gasteiger partial charge in [0.15, 0.2) is 5.82 Å². The Hall–Kier alpha value is -2.69. The molecule has 21 heavy (non-hydrogen) atoms. The van der Waals surface area contributed by atoms with Crippen molar-refractivity contribution in [3.8, 4) is 17.1 Å². The van der Waals surface area contributed by atoms with Gasteiger partial charge in [-0.05, 0) is 65.2 Å². The maximum absolute atomic E-state index is 5.91. The van der Waals surface area contributed by atoms with Crippen molar-refractivity contribution in [2.75, 3.05) is 5.73 Å². The molecule has 5 heteroatoms. The quantitative estimate of drug-likeness (QED) is 0.748. The number of tetrazole rings is 1. The first-order valence-electron chi connectivity index (χ1n) is 6.92. The van der Waals surface area contributed by atoms with Gasteiger partial charge in [0.25, 0.3) is 0 Å². The fraction of sp³-hybridized carbons (Fsp3) is 0.188. The average Bonchev–Trinajstić information content (AvgIpc) is 2.96. The van der Waals surface area contributed by atoms with E-state index in [0.717, 1.165) is 23.2 Å². The van der Waals surface area contributed by atoms with Crippen molar-refractivity contribution in [1.82, 2.24) is 20.2 Å². The molecule has 1 heterocycles. The first-order valence-corrected chi connectivity index (χ1v) is 6.92. The van der Waals surface area contributed by atoms with Gasteiger partial charge in [-0.25, -0.2) is 0 Å². The van der Waals surface area contributed by atoms with Crippen LogP contribution >= 0.6 is 0 Å². The molecular formula is C16H17N5. The number of rotatable bonds is 3. The zero-order valence-corrected chi connectivity index (χ0v) is 12.1. The van der Waals surface area contributed by atoms with Crippen LogP contribution in [0.15, 0.2) is 42.5 Å². The number of hydrogen-bond donors (Lipinski definition) is 1. The topological polar surface area (TPSA) is 69.6 Å². The van der Waals surface area contributed by atoms with Crippen LogP contribution in [0.25, 0.3) is 17.1 Å². The fourth-order valence-electron chi connectivity index (χ4n) is 2.36. The average molecular weight is 279 g/mol. The molecule has 2 aromatic carbocycles. The summed E-state index contributed by atoms with van der Waals surface area (Å²) in [5, 5.41) is 12.0. The van der Waals surface area contributed by atoms with E-state index >= 15 is 0 Å². The second kappa shape index (κ2) is 5.36. The van der Waals surface area contributed by atoms with E-state index in [2.05, 4.69) is 34.6 Å². The van der Waals surface area contributed by atoms with Gasteiger partial charge in [0, 0.05) is 11.3 Å². The van der Waals surface area contributed by atoms with E-state index in [9.17, 15) is 0 Å². The van der Waals surface area contributed by atoms with Crippen molar-refractivity contribution in [2.45, 2.75) is 20.3 Å². The van der Waals surface area contributed by atoms with E-state index in [0.29, 0.717) is 11.5 Å². The van der Waals surface area contributed by atoms with E-state index in [1.807, 2.05) is 37.3 Å². The van der Waals surface area contributed by atoms with Gasteiger partial charge in [0.1, 0.15) is 0 Å². The van der Waals surface area contributed by atoms with Crippen LogP contribution in [0.1, 0.15) is 18.1 Å². The molecule has 0 aliphatic heterocycles. The number of nitrogens with two attached hydrogens (primary N) is 1. The Balaban J connectivity index is 2.07. The smallest absolute Gasteiger partial charge is 0.187 e. The third-order valence-electron chi connectivity index (χ3n) is 3.42. The summed E-state index contributed by atoms with van der Waals surface area (Å²) < 4.78 is 1.73. The van der Waals surface area contributed by atoms with Gasteiger partial charge in [-0.15, -0.1) is 5.10 Å². The summed E-state index contributed by atoms with van der Waals surface area (Å²) >= 11 is 0. The molecule has 0 amide bonds. The predicted molar refractivity (Wildman–Crippen MR) is 83.1 cm³/mol. The summed E-state index contributed by atoms with van der Waals surface area (Å²) in [4.78, 5) is 0. The molecule has 3 rings (SSSR count). The Labute approximate surface area is 123 Å². The molecule has 0 saturated heterocycles. The third kappa shape index (κ3) is 2.63. The molecule has 0 spiro atoms. The minimum atomic E-state index is 0.689. The Morgan fingerprint density at radius 1 is 1.10 bits per heavy atom. The fourth-order valence-corrected chi connectivity index (χ4v) is 2.36. The lowest BCUT2D eigenvalue weighted by atomic mass is 10.1. The van der Waals surface area contributed by atoms with Crippen LogP contribution in [0.2, 0.25) is 0 Å². The predicted octanol–water partition coefficient (Wildman–Crippen LogP) is 2.78. The zero-order chi connectivity index (χ0) is 14.8. The van der Waals surface area contributed by atoms with Crippen LogP contribution in [0.4, 0.5) is 5.69 Å². The number of hydrogen-bond acceptors (Lipinski definition) is 4. The lowest BCUT2D eigenvalue weighted by Gasteiger charge is -2.07. The van der Waals surface area contributed by atoms with Gasteiger partial charge in [-0.2, -0.15) is 4.68 Å². The second-order valence-electron chi connectivity index (χ2n) is 5.07. The highest BCUT2D eigenvalue weighted by Gasteiger charge is 2.11. The number of aromatic nitrogens is 4. The Kier molecular flexibility index (Phi) is 3.39. The standard InChI is InChI=1S/C16H17N5/c1-3-12-4-6-15(7-5-12)21-16(18-19-20-21)13-8-11(2)9-14(17)10-13/h4-10H,3,17H2,1-2H3. The summed E-state index contributed by atoms with van der Waals surface area (Å²) in [6, 6.07) is 14.1. The van der Waals surface area contributed by atoms with Gasteiger partial charge < -0.3 is 5.73 Å². The third-order valence-corrected chi connectivity index (χ3v) is 3.42. The lowest BCUT2D eigenvalue weighted by Crippen LogP contribution is -2.00. The van der Waals surface area contributed by atoms with Crippen LogP contribution in [0.3, 0.4) is 0 Å². The number of anilines is 1. The minimum absolute atomic E-state index is 0.689. The number of nitrogens with zero attached hydrogens (tertiary/aromatic N) is 4. The summed E-state index contributed by atoms with van der Waals surface area (Å²) in [7, 11) is 0. The normalized spacial score (nSPS) is 10.8. The Morgan fingerprint density at radius 2 is 1.86 bits per heavy atom. The largest absolute Gasteiger partial charge is 0.399 e. The summed E-state index contributed by atoms with van der Waals surface area (Å²) in [5.41, 5.74) is 10.8. The van der Waals surface area contributed by atoms with Crippen LogP contribution in [-0.4, -0.2) is 20.2 Å². The Morgan fingerprint density at radius 3 is 2.52 bits per heavy atom. The molecule has 0 radical (unpaired) electrons. The molecule has 0 fully saturated rings. The molecule has 5 nitrogen and oxygen atoms in total. The SMILES string of the molecule is CCc1ccc(-n2nnnc2-c2cc(C)cc(N)c2)cc1. The van der Waals surface area contributed by atoms with Crippen LogP contribution in [-0.2, 0) is 6.42 Å². The van der Waals surface area contributed by atoms with E-state index in [4.69, 9.17) is 5.73 Å². The second-order valence-corrected chi connectivity index (χ2v) is 5.07. The van der Waals surface area contributed by atoms with E-state index in [1.54, 1.807) is 4.68 Å². The van der Waals surface area contributed by atoms with Crippen LogP contribution < -0.4 is 5.73 Å². The molecule has 106 valence electrons. The van der Waals surface area contributed by atoms with Crippen molar-refractivity contribution in [1.29, 1.82) is 0 Å². The highest BCUT2D eigenvalue weighted by molar-refractivity contribution is 5.64. The molecule has 0 aliphatic rings. The van der Waals surface area contributed by atoms with Crippen LogP contribution in [0, 0.1) is 6.92 Å². The maximum Gasteiger partial charge on any atom is 0.187 e. The summed E-state index contributed by atoms with van der Waals surface area (Å²) in [5.74, 6) is 0.689. The molecule has 0 saturated carbocycles. The Bertz CT molecular complexity index is 738. The molecule has 0 bridgehead atoms. The van der Waals surface area contributed by atoms with Crippen molar-refractivity contribution >= 4 is 5.69 Å². The van der Waals surface area contributed by atoms with Crippen molar-refractivity contribution in [3.05, 3.63) is 53.6 Å². The van der Waals surface area contributed by atoms with Gasteiger partial charge in [-0.1, -0.05) is 19.1 Å². The molecular weight excluding hydrogens is 262 g/mol. The maximum atomic E-state index is 5.91. The summed E-state index contributed by atoms with van der Waals surface area (Å²) in [6.45, 7) is 4.14. The number of aryl methyl sites for hydroxylation is 2. The monoisotopic (exact) mass is 279 g/mol. The lowest BCUT2D eigenvalue weighted by molar-refractivity contribution is 0.790. The molecule has 0 atom stereocenters. The van der Waals surface area contributed by atoms with E-state index in [-0.39, 0.29) is 0 Å². The molecule has 1 aromatic heterocycles. The first kappa shape index (κ1) is 13.3. The number of nitrogen functional groups attached to an aromatic ring is 1. The van der Waals surface area contributed by atoms with Crippen molar-refractivity contribution in [2.24, 2.45) is 0 Å². The first-order chi connectivity index (χ1) is 10.2. The molecule has 0 aliphatic carbocycles. The zero-order valence-electron chi connectivity index (χ0n) is 12.1. The van der Waals surface area contributed by atoms with Gasteiger partial charge in [0.05, 0.1) is 5.69 Å². The van der Waals surface area contributed by atoms with Gasteiger partial charge in [-0.3, -0.25) is 0 Å². The van der Waals surface area contributed by atoms with Gasteiger partial charge in [0.2, 0.25) is 0 Å². The minimum Gasteiger partial charge on any atom is -0.399 e. The van der Waals surface area contributed by atoms with Crippen molar-refractivity contribution in [3.63, 3.8) is 0 Å². The van der Waals surface area contributed by atoms with E-state index in [1.165, 1.54) is 5.56 Å². The highest BCUT2D eigenvalue weighted by atomic mass is 15.5. The van der Waals surface area contributed by atoms with Crippen molar-refractivity contribution < 1.29 is 0 Å². The molecule has 0 unspecified atom stereocenters.